The summed E-state index contributed by atoms with van der Waals surface area (Å²) in [5.41, 5.74) is 4.03. The molecule has 0 bridgehead atoms. The van der Waals surface area contributed by atoms with Gasteiger partial charge in [-0.05, 0) is 42.3 Å². The number of unbranched alkanes of at least 4 members (excludes halogenated alkanes) is 5. The highest BCUT2D eigenvalue weighted by Crippen LogP contribution is 2.27. The lowest BCUT2D eigenvalue weighted by Crippen LogP contribution is -2.07. The van der Waals surface area contributed by atoms with Crippen molar-refractivity contribution >= 4 is 34.9 Å². The number of hydrogen-bond acceptors (Lipinski definition) is 2. The molecule has 0 unspecified atom stereocenters. The zero-order chi connectivity index (χ0) is 22.9. The first-order chi connectivity index (χ1) is 15.5. The summed E-state index contributed by atoms with van der Waals surface area (Å²) < 4.78 is 1.86. The number of hydrogen-bond donors (Lipinski definition) is 2. The second-order valence-electron chi connectivity index (χ2n) is 8.01. The zero-order valence-corrected chi connectivity index (χ0v) is 19.9. The van der Waals surface area contributed by atoms with Gasteiger partial charge in [0, 0.05) is 46.1 Å². The third-order valence-corrected chi connectivity index (χ3v) is 6.33. The predicted molar refractivity (Wildman–Crippen MR) is 134 cm³/mol. The normalized spacial score (nSPS) is 11.0. The number of aromatic carboxylic acids is 1. The second-order valence-corrected chi connectivity index (χ2v) is 8.83. The third kappa shape index (κ3) is 6.54. The number of carboxylic acid groups (broad SMARTS) is 1. The molecule has 0 saturated carbocycles. The number of benzene rings is 2. The van der Waals surface area contributed by atoms with Crippen molar-refractivity contribution in [1.82, 2.24) is 4.57 Å². The van der Waals surface area contributed by atoms with Gasteiger partial charge in [-0.25, -0.2) is 4.79 Å². The van der Waals surface area contributed by atoms with E-state index in [4.69, 9.17) is 23.2 Å². The van der Waals surface area contributed by atoms with E-state index in [-0.39, 0.29) is 0 Å². The fourth-order valence-electron chi connectivity index (χ4n) is 3.77. The Hall–Kier alpha value is -2.43. The molecule has 3 aromatic rings. The fourth-order valence-corrected chi connectivity index (χ4v) is 4.30. The van der Waals surface area contributed by atoms with Gasteiger partial charge in [-0.15, -0.1) is 0 Å². The van der Waals surface area contributed by atoms with Crippen molar-refractivity contribution < 1.29 is 9.90 Å². The summed E-state index contributed by atoms with van der Waals surface area (Å²) in [6.07, 6.45) is 9.02. The molecule has 0 atom stereocenters. The monoisotopic (exact) mass is 472 g/mol. The number of halogens is 2. The van der Waals surface area contributed by atoms with Crippen LogP contribution >= 0.6 is 23.2 Å². The lowest BCUT2D eigenvalue weighted by atomic mass is 10.1. The van der Waals surface area contributed by atoms with Gasteiger partial charge < -0.3 is 15.0 Å². The molecule has 4 nitrogen and oxygen atoms in total. The van der Waals surface area contributed by atoms with E-state index in [1.54, 1.807) is 6.07 Å². The fraction of sp³-hybridized carbons (Fsp3) is 0.346. The van der Waals surface area contributed by atoms with E-state index in [9.17, 15) is 9.90 Å². The molecule has 0 aliphatic rings. The topological polar surface area (TPSA) is 54.3 Å². The number of nitrogens with zero attached hydrogens (tertiary/aromatic N) is 1. The first kappa shape index (κ1) is 24.2. The van der Waals surface area contributed by atoms with Gasteiger partial charge in [0.1, 0.15) is 5.69 Å². The summed E-state index contributed by atoms with van der Waals surface area (Å²) >= 11 is 12.5. The van der Waals surface area contributed by atoms with Crippen LogP contribution in [0.15, 0.2) is 54.7 Å². The SMILES string of the molecule is CCCCCCCCn1cc(-c2ccc(NCc3c(Cl)cccc3Cl)cc2)cc1C(=O)O. The molecule has 32 heavy (non-hydrogen) atoms. The van der Waals surface area contributed by atoms with Gasteiger partial charge in [0.05, 0.1) is 0 Å². The van der Waals surface area contributed by atoms with Gasteiger partial charge in [0.2, 0.25) is 0 Å². The van der Waals surface area contributed by atoms with Crippen molar-refractivity contribution in [3.63, 3.8) is 0 Å². The maximum atomic E-state index is 11.7. The molecule has 0 saturated heterocycles. The Bertz CT molecular complexity index is 1010. The molecule has 0 radical (unpaired) electrons. The Morgan fingerprint density at radius 3 is 2.25 bits per heavy atom. The van der Waals surface area contributed by atoms with Crippen LogP contribution in [-0.2, 0) is 13.1 Å². The molecule has 0 spiro atoms. The molecule has 1 heterocycles. The molecule has 6 heteroatoms. The molecule has 0 aliphatic heterocycles. The molecular weight excluding hydrogens is 443 g/mol. The molecule has 1 aromatic heterocycles. The lowest BCUT2D eigenvalue weighted by Gasteiger charge is -2.10. The van der Waals surface area contributed by atoms with Crippen LogP contribution in [0, 0.1) is 0 Å². The Balaban J connectivity index is 1.64. The highest BCUT2D eigenvalue weighted by Gasteiger charge is 2.13. The maximum Gasteiger partial charge on any atom is 0.352 e. The standard InChI is InChI=1S/C26H30Cl2N2O2/c1-2-3-4-5-6-7-15-30-18-20(16-25(30)26(31)32)19-11-13-21(14-12-19)29-17-22-23(27)9-8-10-24(22)28/h8-14,16,18,29H,2-7,15,17H2,1H3,(H,31,32). The quantitative estimate of drug-likeness (QED) is 0.261. The van der Waals surface area contributed by atoms with Gasteiger partial charge in [-0.2, -0.15) is 0 Å². The third-order valence-electron chi connectivity index (χ3n) is 5.62. The van der Waals surface area contributed by atoms with E-state index in [0.29, 0.717) is 22.3 Å². The average Bonchev–Trinajstić information content (AvgIpc) is 3.21. The molecule has 2 N–H and O–H groups in total. The van der Waals surface area contributed by atoms with Crippen LogP contribution in [-0.4, -0.2) is 15.6 Å². The van der Waals surface area contributed by atoms with E-state index in [2.05, 4.69) is 12.2 Å². The highest BCUT2D eigenvalue weighted by atomic mass is 35.5. The molecule has 170 valence electrons. The van der Waals surface area contributed by atoms with Crippen molar-refractivity contribution in [3.8, 4) is 11.1 Å². The Morgan fingerprint density at radius 2 is 1.59 bits per heavy atom. The van der Waals surface area contributed by atoms with E-state index in [0.717, 1.165) is 41.8 Å². The molecule has 2 aromatic carbocycles. The summed E-state index contributed by atoms with van der Waals surface area (Å²) in [7, 11) is 0. The second kappa shape index (κ2) is 12.0. The number of aromatic nitrogens is 1. The Labute approximate surface area is 200 Å². The maximum absolute atomic E-state index is 11.7. The summed E-state index contributed by atoms with van der Waals surface area (Å²) in [5, 5.41) is 14.2. The smallest absolute Gasteiger partial charge is 0.352 e. The van der Waals surface area contributed by atoms with Gasteiger partial charge in [0.15, 0.2) is 0 Å². The Morgan fingerprint density at radius 1 is 0.938 bits per heavy atom. The van der Waals surface area contributed by atoms with Gasteiger partial charge >= 0.3 is 5.97 Å². The van der Waals surface area contributed by atoms with Crippen LogP contribution in [0.25, 0.3) is 11.1 Å². The minimum Gasteiger partial charge on any atom is -0.477 e. The van der Waals surface area contributed by atoms with E-state index < -0.39 is 5.97 Å². The van der Waals surface area contributed by atoms with Crippen LogP contribution in [0.1, 0.15) is 61.5 Å². The minimum absolute atomic E-state index is 0.337. The van der Waals surface area contributed by atoms with Crippen LogP contribution in [0.2, 0.25) is 10.0 Å². The zero-order valence-electron chi connectivity index (χ0n) is 18.4. The van der Waals surface area contributed by atoms with Crippen LogP contribution in [0.3, 0.4) is 0 Å². The number of anilines is 1. The van der Waals surface area contributed by atoms with Crippen LogP contribution in [0.4, 0.5) is 5.69 Å². The van der Waals surface area contributed by atoms with Gasteiger partial charge in [-0.3, -0.25) is 0 Å². The van der Waals surface area contributed by atoms with E-state index in [1.807, 2.05) is 53.2 Å². The number of rotatable bonds is 12. The van der Waals surface area contributed by atoms with E-state index >= 15 is 0 Å². The number of nitrogens with one attached hydrogen (secondary N) is 1. The summed E-state index contributed by atoms with van der Waals surface area (Å²) in [4.78, 5) is 11.7. The van der Waals surface area contributed by atoms with E-state index in [1.165, 1.54) is 25.7 Å². The summed E-state index contributed by atoms with van der Waals surface area (Å²) in [6.45, 7) is 3.46. The lowest BCUT2D eigenvalue weighted by molar-refractivity contribution is 0.0685. The highest BCUT2D eigenvalue weighted by molar-refractivity contribution is 6.36. The molecule has 3 rings (SSSR count). The van der Waals surface area contributed by atoms with Gasteiger partial charge in [-0.1, -0.05) is 80.4 Å². The Kier molecular flexibility index (Phi) is 9.07. The number of carboxylic acids is 1. The molecule has 0 fully saturated rings. The first-order valence-electron chi connectivity index (χ1n) is 11.2. The van der Waals surface area contributed by atoms with Gasteiger partial charge in [0.25, 0.3) is 0 Å². The predicted octanol–water partition coefficient (Wildman–Crippen LogP) is 8.13. The average molecular weight is 473 g/mol. The van der Waals surface area contributed by atoms with Crippen molar-refractivity contribution in [1.29, 1.82) is 0 Å². The summed E-state index contributed by atoms with van der Waals surface area (Å²) in [6, 6.07) is 15.2. The molecular formula is C26H30Cl2N2O2. The number of aryl methyl sites for hydroxylation is 1. The van der Waals surface area contributed by atoms with Crippen molar-refractivity contribution in [3.05, 3.63) is 76.0 Å². The number of carbonyl (C=O) groups is 1. The molecule has 0 amide bonds. The van der Waals surface area contributed by atoms with Crippen molar-refractivity contribution in [2.75, 3.05) is 5.32 Å². The first-order valence-corrected chi connectivity index (χ1v) is 12.0. The van der Waals surface area contributed by atoms with Crippen molar-refractivity contribution in [2.24, 2.45) is 0 Å². The van der Waals surface area contributed by atoms with Crippen LogP contribution in [0.5, 0.6) is 0 Å². The van der Waals surface area contributed by atoms with Crippen LogP contribution < -0.4 is 5.32 Å². The van der Waals surface area contributed by atoms with Crippen molar-refractivity contribution in [2.45, 2.75) is 58.5 Å². The molecule has 0 aliphatic carbocycles. The minimum atomic E-state index is -0.892. The largest absolute Gasteiger partial charge is 0.477 e. The summed E-state index contributed by atoms with van der Waals surface area (Å²) in [5.74, 6) is -0.892.